The van der Waals surface area contributed by atoms with Gasteiger partial charge in [-0.3, -0.25) is 13.9 Å². The minimum atomic E-state index is -4.18. The molecule has 1 fully saturated rings. The molecule has 1 unspecified atom stereocenters. The second kappa shape index (κ2) is 8.36. The molecule has 1 aliphatic heterocycles. The van der Waals surface area contributed by atoms with Crippen molar-refractivity contribution < 1.29 is 27.5 Å². The van der Waals surface area contributed by atoms with Crippen molar-refractivity contribution in [3.05, 3.63) is 77.0 Å². The highest BCUT2D eigenvalue weighted by molar-refractivity contribution is 7.89. The van der Waals surface area contributed by atoms with Crippen molar-refractivity contribution in [2.24, 2.45) is 5.41 Å². The van der Waals surface area contributed by atoms with Crippen LogP contribution in [-0.4, -0.2) is 38.9 Å². The van der Waals surface area contributed by atoms with Crippen LogP contribution in [0.5, 0.6) is 0 Å². The summed E-state index contributed by atoms with van der Waals surface area (Å²) in [6, 6.07) is 11.2. The van der Waals surface area contributed by atoms with E-state index >= 15 is 0 Å². The summed E-state index contributed by atoms with van der Waals surface area (Å²) < 4.78 is 38.2. The molecule has 0 saturated carbocycles. The predicted octanol–water partition coefficient (Wildman–Crippen LogP) is 3.63. The SMILES string of the molecule is C=C1CC(C(=O)OC)(C(=O)OC)C(c2ccc(Cl)cc2)N1S(=O)(=O)c1ccc(C)cc1. The largest absolute Gasteiger partial charge is 0.468 e. The molecule has 0 amide bonds. The van der Waals surface area contributed by atoms with Gasteiger partial charge in [0.15, 0.2) is 5.41 Å². The monoisotopic (exact) mass is 463 g/mol. The lowest BCUT2D eigenvalue weighted by atomic mass is 9.77. The van der Waals surface area contributed by atoms with E-state index in [2.05, 4.69) is 6.58 Å². The first-order valence-electron chi connectivity index (χ1n) is 9.30. The highest BCUT2D eigenvalue weighted by atomic mass is 35.5. The molecule has 9 heteroatoms. The average molecular weight is 464 g/mol. The number of rotatable bonds is 5. The molecule has 2 aromatic rings. The summed E-state index contributed by atoms with van der Waals surface area (Å²) in [6.07, 6.45) is -0.287. The van der Waals surface area contributed by atoms with Gasteiger partial charge in [-0.05, 0) is 36.8 Å². The fourth-order valence-corrected chi connectivity index (χ4v) is 5.71. The highest BCUT2D eigenvalue weighted by Crippen LogP contribution is 2.55. The van der Waals surface area contributed by atoms with Gasteiger partial charge in [0.1, 0.15) is 0 Å². The fraction of sp³-hybridized carbons (Fsp3) is 0.273. The Labute approximate surface area is 186 Å². The number of ether oxygens (including phenoxy) is 2. The maximum atomic E-state index is 13.7. The van der Waals surface area contributed by atoms with E-state index in [1.54, 1.807) is 36.4 Å². The number of aryl methyl sites for hydroxylation is 1. The normalized spacial score (nSPS) is 18.0. The third-order valence-corrected chi connectivity index (χ3v) is 7.47. The van der Waals surface area contributed by atoms with Crippen molar-refractivity contribution in [3.8, 4) is 0 Å². The third kappa shape index (κ3) is 3.70. The maximum absolute atomic E-state index is 13.7. The second-order valence-corrected chi connectivity index (χ2v) is 9.52. The number of hydrogen-bond donors (Lipinski definition) is 0. The summed E-state index contributed by atoms with van der Waals surface area (Å²) >= 11 is 6.00. The molecule has 1 saturated heterocycles. The standard InChI is InChI=1S/C22H22ClNO6S/c1-14-5-11-18(12-6-14)31(27,28)24-15(2)13-22(20(25)29-3,21(26)30-4)19(24)16-7-9-17(23)10-8-16/h5-12,19H,2,13H2,1,3-4H3. The van der Waals surface area contributed by atoms with Crippen LogP contribution in [0.15, 0.2) is 65.7 Å². The van der Waals surface area contributed by atoms with Gasteiger partial charge >= 0.3 is 11.9 Å². The predicted molar refractivity (Wildman–Crippen MR) is 115 cm³/mol. The van der Waals surface area contributed by atoms with Gasteiger partial charge in [-0.1, -0.05) is 48.0 Å². The lowest BCUT2D eigenvalue weighted by Crippen LogP contribution is -2.46. The minimum absolute atomic E-state index is 0.00347. The zero-order chi connectivity index (χ0) is 23.0. The number of benzene rings is 2. The molecular formula is C22H22ClNO6S. The molecule has 0 bridgehead atoms. The Kier molecular flexibility index (Phi) is 6.16. The van der Waals surface area contributed by atoms with E-state index in [-0.39, 0.29) is 17.0 Å². The van der Waals surface area contributed by atoms with E-state index in [9.17, 15) is 18.0 Å². The number of nitrogens with zero attached hydrogens (tertiary/aromatic N) is 1. The van der Waals surface area contributed by atoms with E-state index in [1.807, 2.05) is 6.92 Å². The van der Waals surface area contributed by atoms with Crippen LogP contribution in [0.2, 0.25) is 5.02 Å². The first-order chi connectivity index (χ1) is 14.6. The van der Waals surface area contributed by atoms with Crippen molar-refractivity contribution in [2.75, 3.05) is 14.2 Å². The first-order valence-corrected chi connectivity index (χ1v) is 11.1. The molecule has 1 aliphatic rings. The number of methoxy groups -OCH3 is 2. The van der Waals surface area contributed by atoms with Crippen molar-refractivity contribution >= 4 is 33.6 Å². The zero-order valence-electron chi connectivity index (χ0n) is 17.3. The number of carbonyl (C=O) groups excluding carboxylic acids is 2. The van der Waals surface area contributed by atoms with Gasteiger partial charge in [-0.2, -0.15) is 0 Å². The van der Waals surface area contributed by atoms with Gasteiger partial charge < -0.3 is 9.47 Å². The molecule has 0 spiro atoms. The zero-order valence-corrected chi connectivity index (χ0v) is 18.9. The molecule has 0 N–H and O–H groups in total. The summed E-state index contributed by atoms with van der Waals surface area (Å²) in [7, 11) is -1.92. The Balaban J connectivity index is 2.30. The van der Waals surface area contributed by atoms with E-state index in [0.717, 1.165) is 24.1 Å². The van der Waals surface area contributed by atoms with E-state index < -0.39 is 33.4 Å². The van der Waals surface area contributed by atoms with E-state index in [4.69, 9.17) is 21.1 Å². The van der Waals surface area contributed by atoms with Crippen molar-refractivity contribution in [2.45, 2.75) is 24.3 Å². The Hall–Kier alpha value is -2.84. The quantitative estimate of drug-likeness (QED) is 0.497. The molecule has 164 valence electrons. The molecule has 7 nitrogen and oxygen atoms in total. The molecule has 3 rings (SSSR count). The van der Waals surface area contributed by atoms with Gasteiger partial charge in [0.25, 0.3) is 10.0 Å². The van der Waals surface area contributed by atoms with Gasteiger partial charge in [0, 0.05) is 17.1 Å². The van der Waals surface area contributed by atoms with Crippen LogP contribution in [-0.2, 0) is 29.1 Å². The van der Waals surface area contributed by atoms with Crippen LogP contribution in [0.4, 0.5) is 0 Å². The number of hydrogen-bond acceptors (Lipinski definition) is 6. The van der Waals surface area contributed by atoms with Crippen molar-refractivity contribution in [1.29, 1.82) is 0 Å². The maximum Gasteiger partial charge on any atom is 0.326 e. The smallest absolute Gasteiger partial charge is 0.326 e. The average Bonchev–Trinajstić information content (AvgIpc) is 3.08. The minimum Gasteiger partial charge on any atom is -0.468 e. The lowest BCUT2D eigenvalue weighted by Gasteiger charge is -2.34. The molecule has 0 aliphatic carbocycles. The van der Waals surface area contributed by atoms with Crippen LogP contribution < -0.4 is 0 Å². The molecule has 1 atom stereocenters. The molecular weight excluding hydrogens is 442 g/mol. The van der Waals surface area contributed by atoms with Gasteiger partial charge in [0.2, 0.25) is 0 Å². The Morgan fingerprint density at radius 3 is 2.03 bits per heavy atom. The molecule has 0 radical (unpaired) electrons. The second-order valence-electron chi connectivity index (χ2n) is 7.27. The van der Waals surface area contributed by atoms with Crippen LogP contribution in [0, 0.1) is 12.3 Å². The summed E-state index contributed by atoms with van der Waals surface area (Å²) in [4.78, 5) is 26.0. The third-order valence-electron chi connectivity index (χ3n) is 5.36. The number of esters is 2. The van der Waals surface area contributed by atoms with Gasteiger partial charge in [0.05, 0.1) is 25.2 Å². The summed E-state index contributed by atoms with van der Waals surface area (Å²) in [5, 5.41) is 0.412. The lowest BCUT2D eigenvalue weighted by molar-refractivity contribution is -0.170. The number of carbonyl (C=O) groups is 2. The highest BCUT2D eigenvalue weighted by Gasteiger charge is 2.64. The molecule has 0 aromatic heterocycles. The first kappa shape index (κ1) is 22.8. The Morgan fingerprint density at radius 2 is 1.55 bits per heavy atom. The Morgan fingerprint density at radius 1 is 1.03 bits per heavy atom. The van der Waals surface area contributed by atoms with Gasteiger partial charge in [-0.25, -0.2) is 8.42 Å². The Bertz CT molecular complexity index is 1110. The van der Waals surface area contributed by atoms with Crippen LogP contribution in [0.1, 0.15) is 23.6 Å². The number of halogens is 1. The summed E-state index contributed by atoms with van der Waals surface area (Å²) in [6.45, 7) is 5.71. The number of sulfonamides is 1. The van der Waals surface area contributed by atoms with E-state index in [1.165, 1.54) is 12.1 Å². The molecule has 1 heterocycles. The van der Waals surface area contributed by atoms with Crippen LogP contribution in [0.25, 0.3) is 0 Å². The van der Waals surface area contributed by atoms with Crippen molar-refractivity contribution in [1.82, 2.24) is 4.31 Å². The number of allylic oxidation sites excluding steroid dienone is 1. The van der Waals surface area contributed by atoms with Gasteiger partial charge in [-0.15, -0.1) is 0 Å². The van der Waals surface area contributed by atoms with Crippen LogP contribution in [0.3, 0.4) is 0 Å². The van der Waals surface area contributed by atoms with E-state index in [0.29, 0.717) is 10.6 Å². The van der Waals surface area contributed by atoms with Crippen molar-refractivity contribution in [3.63, 3.8) is 0 Å². The molecule has 31 heavy (non-hydrogen) atoms. The summed E-state index contributed by atoms with van der Waals surface area (Å²) in [5.74, 6) is -1.83. The molecule has 2 aromatic carbocycles. The fourth-order valence-electron chi connectivity index (χ4n) is 3.89. The van der Waals surface area contributed by atoms with Crippen LogP contribution >= 0.6 is 11.6 Å². The summed E-state index contributed by atoms with van der Waals surface area (Å²) in [5.41, 5.74) is -0.649. The topological polar surface area (TPSA) is 90.0 Å².